The highest BCUT2D eigenvalue weighted by Gasteiger charge is 2.33. The number of phenols is 1. The van der Waals surface area contributed by atoms with Crippen LogP contribution in [-0.4, -0.2) is 97.7 Å². The lowest BCUT2D eigenvalue weighted by molar-refractivity contribution is -0.147. The van der Waals surface area contributed by atoms with Gasteiger partial charge >= 0.3 is 11.9 Å². The lowest BCUT2D eigenvalue weighted by Crippen LogP contribution is -2.59. The number of thiol groups is 1. The number of aromatic amines is 1. The Labute approximate surface area is 284 Å². The number of phenolic OH excluding ortho intramolecular Hbond substituents is 1. The van der Waals surface area contributed by atoms with Gasteiger partial charge in [-0.25, -0.2) is 4.79 Å². The minimum atomic E-state index is -1.90. The standard InChI is InChI=1S/C31H37N7O10S/c32-19(10-16-13-34-20-4-2-1-3-18(16)20)27(43)38-24(14-49)30(46)35-21(9-15-5-7-17(39)8-6-15)28(44)36-22(11-25(33)40)29(45)37-23(31(47)48)12-26(41)42/h1-8,13,19,21-24,34,39,49H,9-12,14,32H2,(H2,33,40)(H,35,46)(H,36,44)(H,37,45)(H,38,43)(H,41,42)(H,47,48)/t19-,21-,22-,23-,24-/m0/s1. The van der Waals surface area contributed by atoms with Gasteiger partial charge in [-0.3, -0.25) is 28.8 Å². The first-order chi connectivity index (χ1) is 23.2. The molecule has 5 atom stereocenters. The molecule has 3 rings (SSSR count). The molecule has 12 N–H and O–H groups in total. The summed E-state index contributed by atoms with van der Waals surface area (Å²) in [6.45, 7) is 0. The molecule has 0 fully saturated rings. The Balaban J connectivity index is 1.77. The third-order valence-electron chi connectivity index (χ3n) is 7.31. The van der Waals surface area contributed by atoms with E-state index in [0.717, 1.165) is 16.5 Å². The van der Waals surface area contributed by atoms with Gasteiger partial charge < -0.3 is 53.0 Å². The second-order valence-corrected chi connectivity index (χ2v) is 11.4. The number of nitrogens with one attached hydrogen (secondary N) is 5. The monoisotopic (exact) mass is 699 g/mol. The van der Waals surface area contributed by atoms with Crippen molar-refractivity contribution in [1.82, 2.24) is 26.3 Å². The zero-order chi connectivity index (χ0) is 36.2. The second-order valence-electron chi connectivity index (χ2n) is 11.1. The summed E-state index contributed by atoms with van der Waals surface area (Å²) >= 11 is 4.17. The van der Waals surface area contributed by atoms with Crippen molar-refractivity contribution in [3.63, 3.8) is 0 Å². The maximum absolute atomic E-state index is 13.5. The Kier molecular flexibility index (Phi) is 13.5. The lowest BCUT2D eigenvalue weighted by Gasteiger charge is -2.26. The first-order valence-electron chi connectivity index (χ1n) is 14.8. The summed E-state index contributed by atoms with van der Waals surface area (Å²) in [6, 6.07) is 5.54. The summed E-state index contributed by atoms with van der Waals surface area (Å²) in [4.78, 5) is 90.2. The van der Waals surface area contributed by atoms with Crippen LogP contribution in [0.5, 0.6) is 5.75 Å². The smallest absolute Gasteiger partial charge is 0.326 e. The quantitative estimate of drug-likeness (QED) is 0.0665. The zero-order valence-corrected chi connectivity index (χ0v) is 26.8. The zero-order valence-electron chi connectivity index (χ0n) is 25.9. The van der Waals surface area contributed by atoms with Crippen molar-refractivity contribution in [2.75, 3.05) is 5.75 Å². The number of carbonyl (C=O) groups excluding carboxylic acids is 5. The molecule has 1 aromatic heterocycles. The third kappa shape index (κ3) is 11.2. The summed E-state index contributed by atoms with van der Waals surface area (Å²) in [7, 11) is 0. The van der Waals surface area contributed by atoms with Crippen LogP contribution in [0.4, 0.5) is 0 Å². The van der Waals surface area contributed by atoms with Crippen molar-refractivity contribution in [3.8, 4) is 5.75 Å². The molecular weight excluding hydrogens is 662 g/mol. The van der Waals surface area contributed by atoms with E-state index in [0.29, 0.717) is 5.56 Å². The molecule has 0 saturated carbocycles. The normalized spacial score (nSPS) is 14.0. The van der Waals surface area contributed by atoms with Crippen molar-refractivity contribution in [2.45, 2.75) is 55.9 Å². The Morgan fingerprint density at radius 3 is 1.92 bits per heavy atom. The van der Waals surface area contributed by atoms with Gasteiger partial charge in [-0.2, -0.15) is 12.6 Å². The number of carboxylic acid groups (broad SMARTS) is 2. The fourth-order valence-electron chi connectivity index (χ4n) is 4.78. The minimum Gasteiger partial charge on any atom is -0.508 e. The Morgan fingerprint density at radius 1 is 0.735 bits per heavy atom. The van der Waals surface area contributed by atoms with Gasteiger partial charge in [0.2, 0.25) is 29.5 Å². The number of para-hydroxylation sites is 1. The van der Waals surface area contributed by atoms with E-state index >= 15 is 0 Å². The molecular formula is C31H37N7O10S. The molecule has 0 aliphatic heterocycles. The number of amides is 5. The predicted octanol–water partition coefficient (Wildman–Crippen LogP) is -1.71. The van der Waals surface area contributed by atoms with Crippen molar-refractivity contribution in [3.05, 3.63) is 65.9 Å². The minimum absolute atomic E-state index is 0.0804. The lowest BCUT2D eigenvalue weighted by atomic mass is 10.0. The van der Waals surface area contributed by atoms with Gasteiger partial charge in [0.25, 0.3) is 0 Å². The second kappa shape index (κ2) is 17.5. The fraction of sp³-hybridized carbons (Fsp3) is 0.323. The summed E-state index contributed by atoms with van der Waals surface area (Å²) in [5.41, 5.74) is 13.5. The number of nitrogens with two attached hydrogens (primary N) is 2. The average Bonchev–Trinajstić information content (AvgIpc) is 3.45. The highest BCUT2D eigenvalue weighted by atomic mass is 32.1. The van der Waals surface area contributed by atoms with Gasteiger partial charge in [-0.1, -0.05) is 30.3 Å². The molecule has 0 spiro atoms. The van der Waals surface area contributed by atoms with Crippen LogP contribution in [0, 0.1) is 0 Å². The van der Waals surface area contributed by atoms with Crippen molar-refractivity contribution in [2.24, 2.45) is 11.5 Å². The number of carbonyl (C=O) groups is 7. The molecule has 3 aromatic rings. The van der Waals surface area contributed by atoms with Gasteiger partial charge in [-0.15, -0.1) is 0 Å². The molecule has 49 heavy (non-hydrogen) atoms. The summed E-state index contributed by atoms with van der Waals surface area (Å²) in [5, 5.41) is 38.0. The van der Waals surface area contributed by atoms with Crippen molar-refractivity contribution < 1.29 is 48.9 Å². The van der Waals surface area contributed by atoms with E-state index in [4.69, 9.17) is 16.6 Å². The Bertz CT molecular complexity index is 1700. The van der Waals surface area contributed by atoms with Crippen LogP contribution in [0.2, 0.25) is 0 Å². The molecule has 18 heteroatoms. The summed E-state index contributed by atoms with van der Waals surface area (Å²) in [5.74, 6) is -8.35. The van der Waals surface area contributed by atoms with Crippen LogP contribution in [0.25, 0.3) is 10.9 Å². The maximum atomic E-state index is 13.5. The topological polar surface area (TPSA) is 296 Å². The largest absolute Gasteiger partial charge is 0.508 e. The van der Waals surface area contributed by atoms with E-state index in [1.54, 1.807) is 6.20 Å². The first kappa shape index (κ1) is 37.8. The Morgan fingerprint density at radius 2 is 1.31 bits per heavy atom. The SMILES string of the molecule is NC(=O)C[C@H](NC(=O)[C@H](Cc1ccc(O)cc1)NC(=O)[C@H](CS)NC(=O)[C@@H](N)Cc1c[nH]c2ccccc12)C(=O)N[C@@H](CC(=O)O)C(=O)O. The number of aromatic hydroxyl groups is 1. The average molecular weight is 700 g/mol. The van der Waals surface area contributed by atoms with Crippen LogP contribution >= 0.6 is 12.6 Å². The van der Waals surface area contributed by atoms with Crippen LogP contribution in [0.15, 0.2) is 54.7 Å². The summed E-state index contributed by atoms with van der Waals surface area (Å²) in [6.07, 6.45) is -0.151. The van der Waals surface area contributed by atoms with Gasteiger partial charge in [0.05, 0.1) is 18.9 Å². The van der Waals surface area contributed by atoms with Gasteiger partial charge in [0.15, 0.2) is 0 Å². The molecule has 262 valence electrons. The number of H-pyrrole nitrogens is 1. The number of carboxylic acids is 2. The number of hydrogen-bond donors (Lipinski definition) is 11. The molecule has 0 saturated heterocycles. The molecule has 0 aliphatic rings. The number of aliphatic carboxylic acids is 2. The van der Waals surface area contributed by atoms with E-state index in [-0.39, 0.29) is 24.3 Å². The van der Waals surface area contributed by atoms with Gasteiger partial charge in [0.1, 0.15) is 29.9 Å². The molecule has 17 nitrogen and oxygen atoms in total. The number of fused-ring (bicyclic) bond motifs is 1. The van der Waals surface area contributed by atoms with Crippen molar-refractivity contribution >= 4 is 65.0 Å². The van der Waals surface area contributed by atoms with Gasteiger partial charge in [0, 0.05) is 29.3 Å². The molecule has 0 aliphatic carbocycles. The predicted molar refractivity (Wildman–Crippen MR) is 177 cm³/mol. The van der Waals surface area contributed by atoms with Crippen molar-refractivity contribution in [1.29, 1.82) is 0 Å². The van der Waals surface area contributed by atoms with Crippen LogP contribution in [0.1, 0.15) is 24.0 Å². The maximum Gasteiger partial charge on any atom is 0.326 e. The number of aromatic nitrogens is 1. The van der Waals surface area contributed by atoms with Crippen LogP contribution in [-0.2, 0) is 46.4 Å². The molecule has 5 amide bonds. The summed E-state index contributed by atoms with van der Waals surface area (Å²) < 4.78 is 0. The van der Waals surface area contributed by atoms with E-state index in [1.807, 2.05) is 29.6 Å². The highest BCUT2D eigenvalue weighted by molar-refractivity contribution is 7.80. The number of primary amides is 1. The number of rotatable bonds is 18. The van der Waals surface area contributed by atoms with E-state index in [1.165, 1.54) is 24.3 Å². The number of hydrogen-bond acceptors (Lipinski definition) is 10. The number of benzene rings is 2. The first-order valence-corrected chi connectivity index (χ1v) is 15.4. The fourth-order valence-corrected chi connectivity index (χ4v) is 5.04. The van der Waals surface area contributed by atoms with Gasteiger partial charge in [-0.05, 0) is 35.7 Å². The Hall–Kier alpha value is -5.62. The molecule has 0 unspecified atom stereocenters. The van der Waals surface area contributed by atoms with E-state index in [9.17, 15) is 43.8 Å². The third-order valence-corrected chi connectivity index (χ3v) is 7.67. The molecule has 2 aromatic carbocycles. The molecule has 0 bridgehead atoms. The molecule has 0 radical (unpaired) electrons. The van der Waals surface area contributed by atoms with Crippen LogP contribution < -0.4 is 32.7 Å². The van der Waals surface area contributed by atoms with E-state index < -0.39 is 84.5 Å². The molecule has 1 heterocycles. The highest BCUT2D eigenvalue weighted by Crippen LogP contribution is 2.19. The van der Waals surface area contributed by atoms with E-state index in [2.05, 4.69) is 33.6 Å². The van der Waals surface area contributed by atoms with Crippen LogP contribution in [0.3, 0.4) is 0 Å².